The van der Waals surface area contributed by atoms with E-state index < -0.39 is 0 Å². The molecule has 3 nitrogen and oxygen atoms in total. The highest BCUT2D eigenvalue weighted by Crippen LogP contribution is 2.52. The number of ether oxygens (including phenoxy) is 1. The van der Waals surface area contributed by atoms with E-state index in [2.05, 4.69) is 25.9 Å². The average molecular weight is 318 g/mol. The summed E-state index contributed by atoms with van der Waals surface area (Å²) in [5, 5.41) is 0.339. The number of halogens is 2. The monoisotopic (exact) mass is 316 g/mol. The lowest BCUT2D eigenvalue weighted by Crippen LogP contribution is -2.06. The quantitative estimate of drug-likeness (QED) is 0.800. The van der Waals surface area contributed by atoms with E-state index in [1.165, 1.54) is 25.7 Å². The molecule has 92 valence electrons. The standard InChI is InChI=1S/C12H14BrClN2O/c13-10-6-15-12(14)16-11(10)9-5-7(9)4-8-2-1-3-17-8/h6-9H,1-5H2. The highest BCUT2D eigenvalue weighted by molar-refractivity contribution is 9.10. The Morgan fingerprint density at radius 2 is 2.41 bits per heavy atom. The Labute approximate surface area is 114 Å². The zero-order valence-electron chi connectivity index (χ0n) is 9.40. The molecule has 3 rings (SSSR count). The topological polar surface area (TPSA) is 35.0 Å². The smallest absolute Gasteiger partial charge is 0.222 e. The second kappa shape index (κ2) is 4.82. The first kappa shape index (κ1) is 11.9. The Hall–Kier alpha value is -0.190. The number of nitrogens with zero attached hydrogens (tertiary/aromatic N) is 2. The lowest BCUT2D eigenvalue weighted by atomic mass is 10.1. The maximum atomic E-state index is 5.84. The molecule has 2 aliphatic rings. The van der Waals surface area contributed by atoms with Gasteiger partial charge in [-0.25, -0.2) is 9.97 Å². The minimum Gasteiger partial charge on any atom is -0.378 e. The predicted molar refractivity (Wildman–Crippen MR) is 69.2 cm³/mol. The van der Waals surface area contributed by atoms with E-state index in [1.807, 2.05) is 0 Å². The summed E-state index contributed by atoms with van der Waals surface area (Å²) in [7, 11) is 0. The molecule has 1 saturated carbocycles. The van der Waals surface area contributed by atoms with Gasteiger partial charge in [0.05, 0.1) is 16.3 Å². The minimum atomic E-state index is 0.339. The fourth-order valence-corrected chi connectivity index (χ4v) is 3.25. The van der Waals surface area contributed by atoms with Crippen LogP contribution in [0.1, 0.15) is 37.3 Å². The van der Waals surface area contributed by atoms with Gasteiger partial charge < -0.3 is 4.74 Å². The molecular weight excluding hydrogens is 304 g/mol. The molecule has 2 fully saturated rings. The Kier molecular flexibility index (Phi) is 3.37. The van der Waals surface area contributed by atoms with E-state index in [0.717, 1.165) is 16.8 Å². The summed E-state index contributed by atoms with van der Waals surface area (Å²) in [6.07, 6.45) is 7.01. The molecule has 0 radical (unpaired) electrons. The first-order valence-corrected chi connectivity index (χ1v) is 7.20. The number of hydrogen-bond acceptors (Lipinski definition) is 3. The molecule has 2 heterocycles. The van der Waals surface area contributed by atoms with Crippen LogP contribution in [-0.4, -0.2) is 22.7 Å². The third-order valence-electron chi connectivity index (χ3n) is 3.61. The summed E-state index contributed by atoms with van der Waals surface area (Å²) < 4.78 is 6.65. The van der Waals surface area contributed by atoms with Gasteiger partial charge in [-0.1, -0.05) is 0 Å². The first-order valence-electron chi connectivity index (χ1n) is 6.03. The number of rotatable bonds is 3. The predicted octanol–water partition coefficient (Wildman–Crippen LogP) is 3.57. The van der Waals surface area contributed by atoms with Crippen LogP contribution in [0.15, 0.2) is 10.7 Å². The molecule has 0 spiro atoms. The summed E-state index contributed by atoms with van der Waals surface area (Å²) in [6, 6.07) is 0. The lowest BCUT2D eigenvalue weighted by Gasteiger charge is -2.08. The van der Waals surface area contributed by atoms with Gasteiger partial charge >= 0.3 is 0 Å². The van der Waals surface area contributed by atoms with Gasteiger partial charge in [-0.15, -0.1) is 0 Å². The van der Waals surface area contributed by atoms with Crippen LogP contribution >= 0.6 is 27.5 Å². The maximum absolute atomic E-state index is 5.84. The zero-order chi connectivity index (χ0) is 11.8. The van der Waals surface area contributed by atoms with Crippen molar-refractivity contribution in [3.63, 3.8) is 0 Å². The highest BCUT2D eigenvalue weighted by Gasteiger charge is 2.42. The van der Waals surface area contributed by atoms with Gasteiger partial charge in [0.15, 0.2) is 0 Å². The van der Waals surface area contributed by atoms with Gasteiger partial charge in [0.2, 0.25) is 5.28 Å². The van der Waals surface area contributed by atoms with Crippen LogP contribution in [-0.2, 0) is 4.74 Å². The molecule has 0 amide bonds. The molecule has 17 heavy (non-hydrogen) atoms. The molecule has 1 aliphatic carbocycles. The van der Waals surface area contributed by atoms with Crippen molar-refractivity contribution in [2.75, 3.05) is 6.61 Å². The average Bonchev–Trinajstić information content (AvgIpc) is 2.85. The van der Waals surface area contributed by atoms with Crippen LogP contribution in [0.3, 0.4) is 0 Å². The van der Waals surface area contributed by atoms with Crippen LogP contribution < -0.4 is 0 Å². The second-order valence-electron chi connectivity index (χ2n) is 4.85. The van der Waals surface area contributed by atoms with Gasteiger partial charge in [0.1, 0.15) is 0 Å². The lowest BCUT2D eigenvalue weighted by molar-refractivity contribution is 0.0990. The van der Waals surface area contributed by atoms with Gasteiger partial charge in [-0.05, 0) is 59.1 Å². The van der Waals surface area contributed by atoms with Crippen LogP contribution in [0, 0.1) is 5.92 Å². The van der Waals surface area contributed by atoms with E-state index in [4.69, 9.17) is 16.3 Å². The first-order chi connectivity index (χ1) is 8.24. The third-order valence-corrected chi connectivity index (χ3v) is 4.40. The molecule has 0 aromatic carbocycles. The van der Waals surface area contributed by atoms with Crippen molar-refractivity contribution in [1.82, 2.24) is 9.97 Å². The van der Waals surface area contributed by atoms with E-state index in [-0.39, 0.29) is 0 Å². The van der Waals surface area contributed by atoms with Gasteiger partial charge in [0.25, 0.3) is 0 Å². The Bertz CT molecular complexity index is 423. The molecule has 0 N–H and O–H groups in total. The number of aromatic nitrogens is 2. The van der Waals surface area contributed by atoms with E-state index in [9.17, 15) is 0 Å². The normalized spacial score (nSPS) is 31.8. The summed E-state index contributed by atoms with van der Waals surface area (Å²) in [5.74, 6) is 1.24. The fourth-order valence-electron chi connectivity index (χ4n) is 2.63. The fraction of sp³-hybridized carbons (Fsp3) is 0.667. The molecule has 1 aromatic rings. The minimum absolute atomic E-state index is 0.339. The largest absolute Gasteiger partial charge is 0.378 e. The van der Waals surface area contributed by atoms with Crippen molar-refractivity contribution in [2.45, 2.75) is 37.7 Å². The van der Waals surface area contributed by atoms with Gasteiger partial charge in [-0.3, -0.25) is 0 Å². The Morgan fingerprint density at radius 3 is 3.18 bits per heavy atom. The van der Waals surface area contributed by atoms with Crippen molar-refractivity contribution >= 4 is 27.5 Å². The molecule has 1 saturated heterocycles. The van der Waals surface area contributed by atoms with Crippen molar-refractivity contribution in [3.05, 3.63) is 21.6 Å². The van der Waals surface area contributed by atoms with Crippen LogP contribution in [0.5, 0.6) is 0 Å². The summed E-state index contributed by atoms with van der Waals surface area (Å²) in [4.78, 5) is 8.29. The van der Waals surface area contributed by atoms with Gasteiger partial charge in [-0.2, -0.15) is 0 Å². The molecule has 1 aromatic heterocycles. The Balaban J connectivity index is 1.65. The highest BCUT2D eigenvalue weighted by atomic mass is 79.9. The Morgan fingerprint density at radius 1 is 1.53 bits per heavy atom. The molecular formula is C12H14BrClN2O. The SMILES string of the molecule is Clc1ncc(Br)c(C2CC2CC2CCCO2)n1. The second-order valence-corrected chi connectivity index (χ2v) is 6.04. The molecule has 3 unspecified atom stereocenters. The van der Waals surface area contributed by atoms with E-state index in [0.29, 0.717) is 23.2 Å². The van der Waals surface area contributed by atoms with Gasteiger partial charge in [0, 0.05) is 18.7 Å². The number of hydrogen-bond donors (Lipinski definition) is 0. The molecule has 1 aliphatic heterocycles. The van der Waals surface area contributed by atoms with E-state index >= 15 is 0 Å². The van der Waals surface area contributed by atoms with E-state index in [1.54, 1.807) is 6.20 Å². The zero-order valence-corrected chi connectivity index (χ0v) is 11.7. The summed E-state index contributed by atoms with van der Waals surface area (Å²) >= 11 is 9.34. The van der Waals surface area contributed by atoms with Crippen LogP contribution in [0.25, 0.3) is 0 Å². The molecule has 5 heteroatoms. The summed E-state index contributed by atoms with van der Waals surface area (Å²) in [6.45, 7) is 0.936. The maximum Gasteiger partial charge on any atom is 0.222 e. The van der Waals surface area contributed by atoms with Crippen molar-refractivity contribution in [2.24, 2.45) is 5.92 Å². The summed E-state index contributed by atoms with van der Waals surface area (Å²) in [5.41, 5.74) is 1.06. The van der Waals surface area contributed by atoms with Crippen molar-refractivity contribution in [3.8, 4) is 0 Å². The molecule has 3 atom stereocenters. The van der Waals surface area contributed by atoms with Crippen LogP contribution in [0.2, 0.25) is 5.28 Å². The van der Waals surface area contributed by atoms with Crippen molar-refractivity contribution < 1.29 is 4.74 Å². The molecule has 0 bridgehead atoms. The van der Waals surface area contributed by atoms with Crippen molar-refractivity contribution in [1.29, 1.82) is 0 Å². The third kappa shape index (κ3) is 2.64. The van der Waals surface area contributed by atoms with Crippen LogP contribution in [0.4, 0.5) is 0 Å².